The molecule has 1 atom stereocenters. The predicted molar refractivity (Wildman–Crippen MR) is 62.4 cm³/mol. The zero-order valence-corrected chi connectivity index (χ0v) is 9.43. The van der Waals surface area contributed by atoms with Crippen LogP contribution in [0.1, 0.15) is 36.9 Å². The Labute approximate surface area is 90.2 Å². The fraction of sp³-hybridized carbons (Fsp3) is 0.455. The Bertz CT molecular complexity index is 323. The summed E-state index contributed by atoms with van der Waals surface area (Å²) in [6.07, 6.45) is 2.00. The molecule has 0 aliphatic heterocycles. The van der Waals surface area contributed by atoms with Gasteiger partial charge in [0, 0.05) is 16.8 Å². The number of hydrogen-bond acceptors (Lipinski definition) is 2. The van der Waals surface area contributed by atoms with Gasteiger partial charge in [-0.1, -0.05) is 31.0 Å². The second kappa shape index (κ2) is 4.67. The lowest BCUT2D eigenvalue weighted by atomic mass is 10.0. The highest BCUT2D eigenvalue weighted by Crippen LogP contribution is 2.28. The average Bonchev–Trinajstić information content (AvgIpc) is 2.11. The lowest BCUT2D eigenvalue weighted by Gasteiger charge is -2.14. The fourth-order valence-corrected chi connectivity index (χ4v) is 1.78. The van der Waals surface area contributed by atoms with Gasteiger partial charge in [-0.25, -0.2) is 0 Å². The van der Waals surface area contributed by atoms with Crippen molar-refractivity contribution in [3.63, 3.8) is 0 Å². The first-order valence-electron chi connectivity index (χ1n) is 4.87. The molecule has 1 aromatic carbocycles. The predicted octanol–water partition coefficient (Wildman–Crippen LogP) is 3.03. The van der Waals surface area contributed by atoms with E-state index in [4.69, 9.17) is 23.1 Å². The summed E-state index contributed by atoms with van der Waals surface area (Å²) in [6, 6.07) is 3.78. The molecule has 0 radical (unpaired) electrons. The van der Waals surface area contributed by atoms with Crippen molar-refractivity contribution in [1.29, 1.82) is 0 Å². The zero-order valence-electron chi connectivity index (χ0n) is 8.68. The summed E-state index contributed by atoms with van der Waals surface area (Å²) in [6.45, 7) is 4.08. The Morgan fingerprint density at radius 2 is 2.07 bits per heavy atom. The molecule has 1 aromatic rings. The van der Waals surface area contributed by atoms with E-state index in [9.17, 15) is 0 Å². The molecule has 0 aromatic heterocycles. The SMILES string of the molecule is CCC[C@@H](N)c1cc(C)c(N)cc1Cl. The van der Waals surface area contributed by atoms with Crippen LogP contribution in [0.3, 0.4) is 0 Å². The maximum absolute atomic E-state index is 6.07. The minimum absolute atomic E-state index is 0.0202. The number of benzene rings is 1. The first-order valence-corrected chi connectivity index (χ1v) is 5.25. The lowest BCUT2D eigenvalue weighted by Crippen LogP contribution is -2.11. The molecular weight excluding hydrogens is 196 g/mol. The Hall–Kier alpha value is -0.730. The van der Waals surface area contributed by atoms with Gasteiger partial charge in [0.05, 0.1) is 0 Å². The van der Waals surface area contributed by atoms with Crippen LogP contribution in [-0.4, -0.2) is 0 Å². The molecule has 14 heavy (non-hydrogen) atoms. The normalized spacial score (nSPS) is 12.9. The molecule has 0 spiro atoms. The van der Waals surface area contributed by atoms with Crippen LogP contribution in [0.15, 0.2) is 12.1 Å². The first kappa shape index (κ1) is 11.3. The van der Waals surface area contributed by atoms with Crippen LogP contribution in [0.25, 0.3) is 0 Å². The van der Waals surface area contributed by atoms with E-state index in [0.29, 0.717) is 5.02 Å². The molecule has 1 rings (SSSR count). The molecule has 78 valence electrons. The van der Waals surface area contributed by atoms with Crippen LogP contribution in [0, 0.1) is 6.92 Å². The highest BCUT2D eigenvalue weighted by molar-refractivity contribution is 6.31. The van der Waals surface area contributed by atoms with Crippen molar-refractivity contribution in [3.05, 3.63) is 28.3 Å². The maximum atomic E-state index is 6.07. The Balaban J connectivity index is 3.02. The van der Waals surface area contributed by atoms with Crippen LogP contribution in [0.5, 0.6) is 0 Å². The summed E-state index contributed by atoms with van der Waals surface area (Å²) in [5.41, 5.74) is 14.5. The van der Waals surface area contributed by atoms with E-state index in [1.807, 2.05) is 13.0 Å². The van der Waals surface area contributed by atoms with Crippen LogP contribution >= 0.6 is 11.6 Å². The zero-order chi connectivity index (χ0) is 10.7. The van der Waals surface area contributed by atoms with Gasteiger partial charge in [-0.2, -0.15) is 0 Å². The smallest absolute Gasteiger partial charge is 0.0474 e. The molecule has 0 aliphatic rings. The van der Waals surface area contributed by atoms with Gasteiger partial charge in [-0.15, -0.1) is 0 Å². The average molecular weight is 213 g/mol. The van der Waals surface area contributed by atoms with Gasteiger partial charge in [0.25, 0.3) is 0 Å². The number of rotatable bonds is 3. The molecule has 0 unspecified atom stereocenters. The molecule has 0 bridgehead atoms. The van der Waals surface area contributed by atoms with Gasteiger partial charge >= 0.3 is 0 Å². The standard InChI is InChI=1S/C11H17ClN2/c1-3-4-10(13)8-5-7(2)11(14)6-9(8)12/h5-6,10H,3-4,13-14H2,1-2H3/t10-/m1/s1. The van der Waals surface area contributed by atoms with Crippen molar-refractivity contribution >= 4 is 17.3 Å². The van der Waals surface area contributed by atoms with Crippen molar-refractivity contribution < 1.29 is 0 Å². The molecule has 0 saturated carbocycles. The van der Waals surface area contributed by atoms with Gasteiger partial charge in [0.1, 0.15) is 0 Å². The number of nitrogens with two attached hydrogens (primary N) is 2. The molecule has 0 aliphatic carbocycles. The third-order valence-corrected chi connectivity index (χ3v) is 2.71. The number of anilines is 1. The number of hydrogen-bond donors (Lipinski definition) is 2. The van der Waals surface area contributed by atoms with Crippen molar-refractivity contribution in [2.24, 2.45) is 5.73 Å². The van der Waals surface area contributed by atoms with Crippen LogP contribution in [0.2, 0.25) is 5.02 Å². The monoisotopic (exact) mass is 212 g/mol. The van der Waals surface area contributed by atoms with E-state index in [1.54, 1.807) is 6.07 Å². The molecular formula is C11H17ClN2. The van der Waals surface area contributed by atoms with Crippen molar-refractivity contribution in [3.8, 4) is 0 Å². The van der Waals surface area contributed by atoms with Crippen LogP contribution in [0.4, 0.5) is 5.69 Å². The third kappa shape index (κ3) is 2.40. The topological polar surface area (TPSA) is 52.0 Å². The summed E-state index contributed by atoms with van der Waals surface area (Å²) in [7, 11) is 0. The van der Waals surface area contributed by atoms with Crippen molar-refractivity contribution in [2.45, 2.75) is 32.7 Å². The highest BCUT2D eigenvalue weighted by atomic mass is 35.5. The molecule has 4 N–H and O–H groups in total. The quantitative estimate of drug-likeness (QED) is 0.757. The van der Waals surface area contributed by atoms with E-state index in [2.05, 4.69) is 6.92 Å². The van der Waals surface area contributed by atoms with Gasteiger partial charge in [0.15, 0.2) is 0 Å². The van der Waals surface area contributed by atoms with Crippen LogP contribution < -0.4 is 11.5 Å². The van der Waals surface area contributed by atoms with E-state index < -0.39 is 0 Å². The second-order valence-corrected chi connectivity index (χ2v) is 4.03. The van der Waals surface area contributed by atoms with E-state index in [1.165, 1.54) is 0 Å². The molecule has 0 fully saturated rings. The summed E-state index contributed by atoms with van der Waals surface area (Å²) in [5.74, 6) is 0. The molecule has 0 amide bonds. The van der Waals surface area contributed by atoms with E-state index in [-0.39, 0.29) is 6.04 Å². The fourth-order valence-electron chi connectivity index (χ4n) is 1.47. The van der Waals surface area contributed by atoms with E-state index in [0.717, 1.165) is 29.7 Å². The highest BCUT2D eigenvalue weighted by Gasteiger charge is 2.10. The second-order valence-electron chi connectivity index (χ2n) is 3.63. The van der Waals surface area contributed by atoms with Gasteiger partial charge in [0.2, 0.25) is 0 Å². The van der Waals surface area contributed by atoms with Gasteiger partial charge in [-0.3, -0.25) is 0 Å². The summed E-state index contributed by atoms with van der Waals surface area (Å²) in [4.78, 5) is 0. The third-order valence-electron chi connectivity index (χ3n) is 2.38. The Morgan fingerprint density at radius 3 is 2.64 bits per heavy atom. The van der Waals surface area contributed by atoms with Gasteiger partial charge in [-0.05, 0) is 30.5 Å². The minimum atomic E-state index is 0.0202. The van der Waals surface area contributed by atoms with Crippen LogP contribution in [-0.2, 0) is 0 Å². The maximum Gasteiger partial charge on any atom is 0.0474 e. The summed E-state index contributed by atoms with van der Waals surface area (Å²) < 4.78 is 0. The van der Waals surface area contributed by atoms with Gasteiger partial charge < -0.3 is 11.5 Å². The number of halogens is 1. The first-order chi connectivity index (χ1) is 6.56. The Morgan fingerprint density at radius 1 is 1.43 bits per heavy atom. The largest absolute Gasteiger partial charge is 0.398 e. The minimum Gasteiger partial charge on any atom is -0.398 e. The van der Waals surface area contributed by atoms with Crippen molar-refractivity contribution in [2.75, 3.05) is 5.73 Å². The van der Waals surface area contributed by atoms with E-state index >= 15 is 0 Å². The number of nitrogen functional groups attached to an aromatic ring is 1. The summed E-state index contributed by atoms with van der Waals surface area (Å²) >= 11 is 6.07. The molecule has 0 saturated heterocycles. The van der Waals surface area contributed by atoms with Crippen molar-refractivity contribution in [1.82, 2.24) is 0 Å². The lowest BCUT2D eigenvalue weighted by molar-refractivity contribution is 0.638. The molecule has 2 nitrogen and oxygen atoms in total. The number of aryl methyl sites for hydroxylation is 1. The molecule has 3 heteroatoms. The Kier molecular flexibility index (Phi) is 3.78. The summed E-state index contributed by atoms with van der Waals surface area (Å²) in [5, 5.41) is 0.675. The molecule has 0 heterocycles.